The van der Waals surface area contributed by atoms with Crippen molar-refractivity contribution in [2.75, 3.05) is 13.1 Å². The lowest BCUT2D eigenvalue weighted by atomic mass is 9.53. The van der Waals surface area contributed by atoms with Gasteiger partial charge in [-0.1, -0.05) is 40.5 Å². The molecule has 1 aliphatic heterocycles. The summed E-state index contributed by atoms with van der Waals surface area (Å²) < 4.78 is 0. The molecule has 0 radical (unpaired) electrons. The van der Waals surface area contributed by atoms with Gasteiger partial charge in [0, 0.05) is 0 Å². The molecule has 0 aromatic carbocycles. The van der Waals surface area contributed by atoms with Crippen LogP contribution in [0.4, 0.5) is 0 Å². The van der Waals surface area contributed by atoms with Gasteiger partial charge in [0.1, 0.15) is 0 Å². The zero-order valence-corrected chi connectivity index (χ0v) is 12.3. The Balaban J connectivity index is 2.17. The van der Waals surface area contributed by atoms with Crippen molar-refractivity contribution in [3.05, 3.63) is 0 Å². The highest BCUT2D eigenvalue weighted by atomic mass is 14.9. The second-order valence-corrected chi connectivity index (χ2v) is 7.17. The van der Waals surface area contributed by atoms with Crippen LogP contribution in [0.3, 0.4) is 0 Å². The molecular weight excluding hydrogens is 206 g/mol. The van der Waals surface area contributed by atoms with Crippen molar-refractivity contribution in [1.29, 1.82) is 0 Å². The summed E-state index contributed by atoms with van der Waals surface area (Å²) >= 11 is 0. The second kappa shape index (κ2) is 5.30. The van der Waals surface area contributed by atoms with Crippen molar-refractivity contribution in [2.45, 2.75) is 59.8 Å². The predicted molar refractivity (Wildman–Crippen MR) is 75.0 cm³/mol. The summed E-state index contributed by atoms with van der Waals surface area (Å²) in [7, 11) is 0. The molecule has 17 heavy (non-hydrogen) atoms. The molecule has 1 aliphatic carbocycles. The van der Waals surface area contributed by atoms with Crippen LogP contribution in [0, 0.1) is 29.1 Å². The van der Waals surface area contributed by atoms with Crippen LogP contribution >= 0.6 is 0 Å². The van der Waals surface area contributed by atoms with Crippen molar-refractivity contribution in [1.82, 2.24) is 5.32 Å². The Morgan fingerprint density at radius 2 is 2.00 bits per heavy atom. The van der Waals surface area contributed by atoms with Crippen LogP contribution in [0.5, 0.6) is 0 Å². The fraction of sp³-hybridized carbons (Fsp3) is 1.00. The molecule has 1 heteroatoms. The SMILES string of the molecule is CC(C)CC1CNCCC12CCCC(C)C2C. The summed E-state index contributed by atoms with van der Waals surface area (Å²) in [5.74, 6) is 3.65. The molecule has 0 bridgehead atoms. The third kappa shape index (κ3) is 2.54. The lowest BCUT2D eigenvalue weighted by Gasteiger charge is -2.54. The molecular formula is C16H31N. The average Bonchev–Trinajstić information content (AvgIpc) is 2.28. The van der Waals surface area contributed by atoms with Crippen LogP contribution in [0.25, 0.3) is 0 Å². The fourth-order valence-electron chi connectivity index (χ4n) is 4.62. The normalized spacial score (nSPS) is 43.2. The molecule has 2 aliphatic rings. The standard InChI is InChI=1S/C16H31N/c1-12(2)10-15-11-17-9-8-16(15)7-5-6-13(3)14(16)4/h12-15,17H,5-11H2,1-4H3. The highest BCUT2D eigenvalue weighted by Gasteiger charge is 2.47. The van der Waals surface area contributed by atoms with Gasteiger partial charge >= 0.3 is 0 Å². The van der Waals surface area contributed by atoms with Crippen LogP contribution in [-0.2, 0) is 0 Å². The molecule has 4 atom stereocenters. The topological polar surface area (TPSA) is 12.0 Å². The summed E-state index contributed by atoms with van der Waals surface area (Å²) in [6, 6.07) is 0. The highest BCUT2D eigenvalue weighted by Crippen LogP contribution is 2.53. The minimum absolute atomic E-state index is 0.674. The minimum atomic E-state index is 0.674. The van der Waals surface area contributed by atoms with Gasteiger partial charge in [0.2, 0.25) is 0 Å². The first-order chi connectivity index (χ1) is 8.06. The zero-order chi connectivity index (χ0) is 12.5. The predicted octanol–water partition coefficient (Wildman–Crippen LogP) is 4.08. The molecule has 2 rings (SSSR count). The van der Waals surface area contributed by atoms with Gasteiger partial charge in [-0.05, 0) is 61.4 Å². The van der Waals surface area contributed by atoms with E-state index < -0.39 is 0 Å². The van der Waals surface area contributed by atoms with E-state index >= 15 is 0 Å². The minimum Gasteiger partial charge on any atom is -0.316 e. The average molecular weight is 237 g/mol. The summed E-state index contributed by atoms with van der Waals surface area (Å²) in [6.45, 7) is 12.3. The monoisotopic (exact) mass is 237 g/mol. The Bertz CT molecular complexity index is 244. The van der Waals surface area contributed by atoms with E-state index in [2.05, 4.69) is 33.0 Å². The van der Waals surface area contributed by atoms with Crippen LogP contribution < -0.4 is 5.32 Å². The maximum atomic E-state index is 3.65. The molecule has 0 amide bonds. The van der Waals surface area contributed by atoms with E-state index in [9.17, 15) is 0 Å². The second-order valence-electron chi connectivity index (χ2n) is 7.17. The Labute approximate surface area is 108 Å². The van der Waals surface area contributed by atoms with E-state index in [1.807, 2.05) is 0 Å². The number of hydrogen-bond donors (Lipinski definition) is 1. The van der Waals surface area contributed by atoms with E-state index in [1.54, 1.807) is 0 Å². The van der Waals surface area contributed by atoms with Crippen molar-refractivity contribution >= 4 is 0 Å². The number of rotatable bonds is 2. The Morgan fingerprint density at radius 3 is 2.71 bits per heavy atom. The third-order valence-corrected chi connectivity index (χ3v) is 5.79. The first-order valence-corrected chi connectivity index (χ1v) is 7.77. The van der Waals surface area contributed by atoms with Gasteiger partial charge in [-0.2, -0.15) is 0 Å². The summed E-state index contributed by atoms with van der Waals surface area (Å²) in [5, 5.41) is 3.65. The highest BCUT2D eigenvalue weighted by molar-refractivity contribution is 4.98. The van der Waals surface area contributed by atoms with E-state index in [4.69, 9.17) is 0 Å². The number of piperidine rings is 1. The van der Waals surface area contributed by atoms with Crippen LogP contribution in [0.15, 0.2) is 0 Å². The van der Waals surface area contributed by atoms with Gasteiger partial charge in [-0.3, -0.25) is 0 Å². The van der Waals surface area contributed by atoms with Gasteiger partial charge < -0.3 is 5.32 Å². The van der Waals surface area contributed by atoms with Gasteiger partial charge in [0.25, 0.3) is 0 Å². The van der Waals surface area contributed by atoms with Gasteiger partial charge in [-0.15, -0.1) is 0 Å². The molecule has 0 aromatic heterocycles. The van der Waals surface area contributed by atoms with E-state index in [0.717, 1.165) is 23.7 Å². The van der Waals surface area contributed by atoms with Crippen LogP contribution in [0.2, 0.25) is 0 Å². The molecule has 1 nitrogen and oxygen atoms in total. The number of nitrogens with one attached hydrogen (secondary N) is 1. The van der Waals surface area contributed by atoms with Gasteiger partial charge in [-0.25, -0.2) is 0 Å². The molecule has 4 unspecified atom stereocenters. The molecule has 0 aromatic rings. The quantitative estimate of drug-likeness (QED) is 0.763. The molecule has 1 spiro atoms. The Morgan fingerprint density at radius 1 is 1.24 bits per heavy atom. The molecule has 1 heterocycles. The summed E-state index contributed by atoms with van der Waals surface area (Å²) in [6.07, 6.45) is 7.28. The lowest BCUT2D eigenvalue weighted by Crippen LogP contribution is -2.52. The molecule has 1 N–H and O–H groups in total. The van der Waals surface area contributed by atoms with Gasteiger partial charge in [0.15, 0.2) is 0 Å². The van der Waals surface area contributed by atoms with Crippen LogP contribution in [-0.4, -0.2) is 13.1 Å². The first-order valence-electron chi connectivity index (χ1n) is 7.77. The molecule has 1 saturated carbocycles. The van der Waals surface area contributed by atoms with E-state index in [0.29, 0.717) is 5.41 Å². The van der Waals surface area contributed by atoms with E-state index in [1.165, 1.54) is 45.2 Å². The first kappa shape index (κ1) is 13.4. The molecule has 1 saturated heterocycles. The smallest absolute Gasteiger partial charge is 0.00150 e. The number of hydrogen-bond acceptors (Lipinski definition) is 1. The Kier molecular flexibility index (Phi) is 4.18. The molecule has 100 valence electrons. The maximum Gasteiger partial charge on any atom is -0.00150 e. The summed E-state index contributed by atoms with van der Waals surface area (Å²) in [5.41, 5.74) is 0.674. The Hall–Kier alpha value is -0.0400. The van der Waals surface area contributed by atoms with Gasteiger partial charge in [0.05, 0.1) is 0 Å². The van der Waals surface area contributed by atoms with Crippen molar-refractivity contribution in [2.24, 2.45) is 29.1 Å². The van der Waals surface area contributed by atoms with Crippen LogP contribution in [0.1, 0.15) is 59.8 Å². The maximum absolute atomic E-state index is 3.65. The third-order valence-electron chi connectivity index (χ3n) is 5.79. The molecule has 2 fully saturated rings. The van der Waals surface area contributed by atoms with Crippen molar-refractivity contribution in [3.8, 4) is 0 Å². The summed E-state index contributed by atoms with van der Waals surface area (Å²) in [4.78, 5) is 0. The fourth-order valence-corrected chi connectivity index (χ4v) is 4.62. The van der Waals surface area contributed by atoms with Crippen molar-refractivity contribution in [3.63, 3.8) is 0 Å². The van der Waals surface area contributed by atoms with Crippen molar-refractivity contribution < 1.29 is 0 Å². The zero-order valence-electron chi connectivity index (χ0n) is 12.3. The van der Waals surface area contributed by atoms with E-state index in [-0.39, 0.29) is 0 Å². The largest absolute Gasteiger partial charge is 0.316 e. The lowest BCUT2D eigenvalue weighted by molar-refractivity contribution is -0.0305.